The largest absolute Gasteiger partial charge is 0.493 e. The monoisotopic (exact) mass is 575 g/mol. The predicted molar refractivity (Wildman–Crippen MR) is 141 cm³/mol. The Morgan fingerprint density at radius 1 is 0.972 bits per heavy atom. The van der Waals surface area contributed by atoms with Crippen LogP contribution < -0.4 is 9.47 Å². The van der Waals surface area contributed by atoms with Gasteiger partial charge in [-0.25, -0.2) is 9.59 Å². The third kappa shape index (κ3) is 5.82. The summed E-state index contributed by atoms with van der Waals surface area (Å²) in [5.74, 6) is -0.337. The Morgan fingerprint density at radius 2 is 1.56 bits per heavy atom. The minimum atomic E-state index is -0.586. The second-order valence-electron chi connectivity index (χ2n) is 7.72. The molecule has 36 heavy (non-hydrogen) atoms. The fourth-order valence-corrected chi connectivity index (χ4v) is 4.56. The van der Waals surface area contributed by atoms with Crippen LogP contribution in [0.1, 0.15) is 51.5 Å². The van der Waals surface area contributed by atoms with Gasteiger partial charge in [0.15, 0.2) is 11.5 Å². The lowest BCUT2D eigenvalue weighted by Gasteiger charge is -2.20. The fraction of sp³-hybridized carbons (Fsp3) is 0.296. The summed E-state index contributed by atoms with van der Waals surface area (Å²) in [4.78, 5) is 30.5. The van der Waals surface area contributed by atoms with Crippen molar-refractivity contribution in [2.24, 2.45) is 0 Å². The molecule has 3 aromatic rings. The number of methoxy groups -OCH3 is 1. The molecule has 2 aromatic carbocycles. The smallest absolute Gasteiger partial charge is 0.340 e. The van der Waals surface area contributed by atoms with E-state index in [2.05, 4.69) is 20.9 Å². The van der Waals surface area contributed by atoms with Gasteiger partial charge in [-0.2, -0.15) is 0 Å². The van der Waals surface area contributed by atoms with Gasteiger partial charge in [0.25, 0.3) is 0 Å². The number of ether oxygens (including phenoxy) is 4. The number of rotatable bonds is 9. The molecular weight excluding hydrogens is 550 g/mol. The van der Waals surface area contributed by atoms with E-state index in [-0.39, 0.29) is 30.9 Å². The van der Waals surface area contributed by atoms with Crippen molar-refractivity contribution in [2.75, 3.05) is 20.3 Å². The van der Waals surface area contributed by atoms with Crippen molar-refractivity contribution in [3.05, 3.63) is 74.0 Å². The van der Waals surface area contributed by atoms with Gasteiger partial charge >= 0.3 is 11.9 Å². The molecule has 0 spiro atoms. The first kappa shape index (κ1) is 27.5. The summed E-state index contributed by atoms with van der Waals surface area (Å²) in [5, 5.41) is 0.588. The van der Waals surface area contributed by atoms with Gasteiger partial charge in [-0.1, -0.05) is 29.8 Å². The fourth-order valence-electron chi connectivity index (χ4n) is 3.81. The highest BCUT2D eigenvalue weighted by Crippen LogP contribution is 2.43. The molecule has 0 unspecified atom stereocenters. The standard InChI is InChI=1S/C27H27BrClNO6/c1-6-34-26(31)22-15(3)30-16(4)23(27(32)35-7-2)24(22)18-12-19(28)25(21(13-18)33-5)36-14-17-10-8-9-11-20(17)29/h8-13H,6-7,14H2,1-5H3. The van der Waals surface area contributed by atoms with Crippen LogP contribution in [0.3, 0.4) is 0 Å². The molecular formula is C27H27BrClNO6. The van der Waals surface area contributed by atoms with E-state index in [9.17, 15) is 9.59 Å². The van der Waals surface area contributed by atoms with Crippen molar-refractivity contribution >= 4 is 39.5 Å². The van der Waals surface area contributed by atoms with Gasteiger partial charge in [0, 0.05) is 16.1 Å². The van der Waals surface area contributed by atoms with Crippen molar-refractivity contribution in [3.63, 3.8) is 0 Å². The third-order valence-corrected chi connectivity index (χ3v) is 6.32. The first-order valence-corrected chi connectivity index (χ1v) is 12.5. The molecule has 0 saturated heterocycles. The second-order valence-corrected chi connectivity index (χ2v) is 8.98. The minimum absolute atomic E-state index is 0.169. The molecule has 1 aromatic heterocycles. The average Bonchev–Trinajstić information content (AvgIpc) is 2.83. The molecule has 0 aliphatic rings. The molecule has 0 atom stereocenters. The quantitative estimate of drug-likeness (QED) is 0.261. The first-order valence-electron chi connectivity index (χ1n) is 11.3. The van der Waals surface area contributed by atoms with Gasteiger partial charge < -0.3 is 18.9 Å². The van der Waals surface area contributed by atoms with Crippen molar-refractivity contribution in [2.45, 2.75) is 34.3 Å². The Kier molecular flexibility index (Phi) is 9.34. The molecule has 0 radical (unpaired) electrons. The van der Waals surface area contributed by atoms with E-state index in [1.54, 1.807) is 45.9 Å². The number of hydrogen-bond donors (Lipinski definition) is 0. The van der Waals surface area contributed by atoms with Gasteiger partial charge in [-0.05, 0) is 67.4 Å². The molecule has 0 bridgehead atoms. The lowest BCUT2D eigenvalue weighted by Crippen LogP contribution is -2.17. The highest BCUT2D eigenvalue weighted by atomic mass is 79.9. The molecule has 3 rings (SSSR count). The van der Waals surface area contributed by atoms with Crippen LogP contribution in [0.2, 0.25) is 5.02 Å². The molecule has 190 valence electrons. The zero-order valence-electron chi connectivity index (χ0n) is 20.7. The number of aromatic nitrogens is 1. The highest BCUT2D eigenvalue weighted by molar-refractivity contribution is 9.10. The summed E-state index contributed by atoms with van der Waals surface area (Å²) in [6.07, 6.45) is 0. The van der Waals surface area contributed by atoms with Crippen molar-refractivity contribution in [1.82, 2.24) is 4.98 Å². The van der Waals surface area contributed by atoms with Crippen molar-refractivity contribution in [3.8, 4) is 22.6 Å². The molecule has 0 aliphatic heterocycles. The van der Waals surface area contributed by atoms with Gasteiger partial charge in [-0.3, -0.25) is 4.98 Å². The summed E-state index contributed by atoms with van der Waals surface area (Å²) in [5.41, 5.74) is 2.93. The number of nitrogens with zero attached hydrogens (tertiary/aromatic N) is 1. The number of halogens is 2. The second kappa shape index (κ2) is 12.2. The molecule has 9 heteroatoms. The number of carbonyl (C=O) groups excluding carboxylic acids is 2. The SMILES string of the molecule is CCOC(=O)c1c(C)nc(C)c(C(=O)OCC)c1-c1cc(Br)c(OCc2ccccc2Cl)c(OC)c1. The van der Waals surface area contributed by atoms with Crippen LogP contribution in [0.4, 0.5) is 0 Å². The van der Waals surface area contributed by atoms with Crippen LogP contribution in [0.25, 0.3) is 11.1 Å². The number of carbonyl (C=O) groups is 2. The zero-order chi connectivity index (χ0) is 26.4. The Labute approximate surface area is 223 Å². The maximum Gasteiger partial charge on any atom is 0.340 e. The topological polar surface area (TPSA) is 84.0 Å². The summed E-state index contributed by atoms with van der Waals surface area (Å²) >= 11 is 9.83. The lowest BCUT2D eigenvalue weighted by atomic mass is 9.92. The maximum atomic E-state index is 13.0. The maximum absolute atomic E-state index is 13.0. The Hall–Kier alpha value is -3.10. The summed E-state index contributed by atoms with van der Waals surface area (Å²) in [7, 11) is 1.51. The third-order valence-electron chi connectivity index (χ3n) is 5.37. The van der Waals surface area contributed by atoms with E-state index >= 15 is 0 Å². The summed E-state index contributed by atoms with van der Waals surface area (Å²) < 4.78 is 22.8. The molecule has 0 aliphatic carbocycles. The Morgan fingerprint density at radius 3 is 2.08 bits per heavy atom. The van der Waals surface area contributed by atoms with Gasteiger partial charge in [0.05, 0.1) is 47.3 Å². The summed E-state index contributed by atoms with van der Waals surface area (Å²) in [6.45, 7) is 7.38. The average molecular weight is 577 g/mol. The number of esters is 2. The van der Waals surface area contributed by atoms with Crippen LogP contribution in [0.5, 0.6) is 11.5 Å². The minimum Gasteiger partial charge on any atom is -0.493 e. The number of pyridine rings is 1. The molecule has 0 amide bonds. The van der Waals surface area contributed by atoms with E-state index < -0.39 is 11.9 Å². The van der Waals surface area contributed by atoms with E-state index in [0.29, 0.717) is 43.5 Å². The van der Waals surface area contributed by atoms with E-state index in [1.165, 1.54) is 7.11 Å². The summed E-state index contributed by atoms with van der Waals surface area (Å²) in [6, 6.07) is 10.8. The van der Waals surface area contributed by atoms with Crippen molar-refractivity contribution in [1.29, 1.82) is 0 Å². The Balaban J connectivity index is 2.20. The molecule has 0 saturated carbocycles. The molecule has 7 nitrogen and oxygen atoms in total. The zero-order valence-corrected chi connectivity index (χ0v) is 23.1. The van der Waals surface area contributed by atoms with Crippen LogP contribution in [-0.4, -0.2) is 37.2 Å². The molecule has 0 fully saturated rings. The van der Waals surface area contributed by atoms with E-state index in [0.717, 1.165) is 5.56 Å². The normalized spacial score (nSPS) is 10.6. The predicted octanol–water partition coefficient (Wildman–Crippen LogP) is 6.72. The number of aryl methyl sites for hydroxylation is 2. The number of benzene rings is 2. The van der Waals surface area contributed by atoms with Crippen molar-refractivity contribution < 1.29 is 28.5 Å². The van der Waals surface area contributed by atoms with Crippen LogP contribution in [0.15, 0.2) is 40.9 Å². The first-order chi connectivity index (χ1) is 17.2. The van der Waals surface area contributed by atoms with Gasteiger partial charge in [-0.15, -0.1) is 0 Å². The van der Waals surface area contributed by atoms with E-state index in [1.807, 2.05) is 18.2 Å². The lowest BCUT2D eigenvalue weighted by molar-refractivity contribution is 0.0525. The van der Waals surface area contributed by atoms with Crippen LogP contribution in [-0.2, 0) is 16.1 Å². The molecule has 0 N–H and O–H groups in total. The number of hydrogen-bond acceptors (Lipinski definition) is 7. The Bertz CT molecular complexity index is 1250. The van der Waals surface area contributed by atoms with E-state index in [4.69, 9.17) is 30.5 Å². The van der Waals surface area contributed by atoms with Gasteiger partial charge in [0.2, 0.25) is 0 Å². The van der Waals surface area contributed by atoms with Crippen LogP contribution >= 0.6 is 27.5 Å². The van der Waals surface area contributed by atoms with Gasteiger partial charge in [0.1, 0.15) is 6.61 Å². The van der Waals surface area contributed by atoms with Crippen LogP contribution in [0, 0.1) is 13.8 Å². The molecule has 1 heterocycles. The highest BCUT2D eigenvalue weighted by Gasteiger charge is 2.29.